The number of benzene rings is 2. The maximum absolute atomic E-state index is 14.0. The molecule has 2 unspecified atom stereocenters. The zero-order valence-electron chi connectivity index (χ0n) is 18.2. The maximum atomic E-state index is 14.0. The summed E-state index contributed by atoms with van der Waals surface area (Å²) >= 11 is 1.20. The lowest BCUT2D eigenvalue weighted by molar-refractivity contribution is -0.125. The van der Waals surface area contributed by atoms with E-state index in [1.54, 1.807) is 17.0 Å². The molecule has 4 rings (SSSR count). The number of rotatable bonds is 6. The summed E-state index contributed by atoms with van der Waals surface area (Å²) in [6.45, 7) is 5.99. The molecule has 2 aromatic carbocycles. The van der Waals surface area contributed by atoms with Crippen molar-refractivity contribution in [2.45, 2.75) is 44.9 Å². The van der Waals surface area contributed by atoms with Crippen molar-refractivity contribution < 1.29 is 14.0 Å². The zero-order valence-corrected chi connectivity index (χ0v) is 19.0. The molecular formula is C24H25FN4O2S. The van der Waals surface area contributed by atoms with Gasteiger partial charge in [0, 0.05) is 5.56 Å². The lowest BCUT2D eigenvalue weighted by Gasteiger charge is -2.27. The van der Waals surface area contributed by atoms with Gasteiger partial charge in [-0.1, -0.05) is 56.8 Å². The second kappa shape index (κ2) is 9.24. The van der Waals surface area contributed by atoms with Crippen LogP contribution in [0.3, 0.4) is 0 Å². The molecule has 2 aliphatic rings. The van der Waals surface area contributed by atoms with Gasteiger partial charge in [-0.2, -0.15) is 0 Å². The predicted octanol–water partition coefficient (Wildman–Crippen LogP) is 4.98. The number of nitrogens with zero attached hydrogens (tertiary/aromatic N) is 3. The van der Waals surface area contributed by atoms with Crippen LogP contribution in [0.1, 0.15) is 39.2 Å². The minimum Gasteiger partial charge on any atom is -0.323 e. The first-order valence-electron chi connectivity index (χ1n) is 10.7. The molecule has 2 aliphatic heterocycles. The van der Waals surface area contributed by atoms with Gasteiger partial charge in [-0.25, -0.2) is 14.3 Å². The van der Waals surface area contributed by atoms with Crippen molar-refractivity contribution in [1.82, 2.24) is 4.90 Å². The highest BCUT2D eigenvalue weighted by molar-refractivity contribution is 8.15. The van der Waals surface area contributed by atoms with Gasteiger partial charge in [0.2, 0.25) is 5.91 Å². The summed E-state index contributed by atoms with van der Waals surface area (Å²) in [5.41, 5.74) is 1.65. The SMILES string of the molecule is CCC(SC1=Nc2ccccc2C2=NC(CC(C)C)C(=O)N12)C(=O)Nc1ccccc1F. The standard InChI is InChI=1S/C24H25FN4O2S/c1-4-20(22(30)27-18-12-8-6-10-16(18)25)32-24-28-17-11-7-5-9-15(17)21-26-19(13-14(2)3)23(31)29(21)24/h5-12,14,19-20H,4,13H2,1-3H3,(H,27,30). The Labute approximate surface area is 191 Å². The second-order valence-electron chi connectivity index (χ2n) is 8.17. The molecule has 2 atom stereocenters. The molecule has 8 heteroatoms. The highest BCUT2D eigenvalue weighted by Crippen LogP contribution is 2.36. The van der Waals surface area contributed by atoms with E-state index in [0.717, 1.165) is 5.56 Å². The fourth-order valence-electron chi connectivity index (χ4n) is 3.71. The lowest BCUT2D eigenvalue weighted by Crippen LogP contribution is -2.42. The number of carbonyl (C=O) groups is 2. The number of amidine groups is 2. The molecule has 0 aromatic heterocycles. The average molecular weight is 453 g/mol. The Bertz CT molecular complexity index is 1110. The molecule has 0 bridgehead atoms. The second-order valence-corrected chi connectivity index (χ2v) is 9.34. The van der Waals surface area contributed by atoms with Gasteiger partial charge in [0.25, 0.3) is 5.91 Å². The number of nitrogens with one attached hydrogen (secondary N) is 1. The number of amides is 2. The molecule has 0 radical (unpaired) electrons. The van der Waals surface area contributed by atoms with E-state index < -0.39 is 17.1 Å². The first kappa shape index (κ1) is 22.2. The van der Waals surface area contributed by atoms with E-state index >= 15 is 0 Å². The minimum atomic E-state index is -0.559. The molecule has 0 saturated heterocycles. The van der Waals surface area contributed by atoms with Crippen LogP contribution in [-0.4, -0.2) is 39.0 Å². The molecule has 166 valence electrons. The number of fused-ring (bicyclic) bond motifs is 3. The largest absolute Gasteiger partial charge is 0.323 e. The van der Waals surface area contributed by atoms with Crippen LogP contribution < -0.4 is 5.32 Å². The molecule has 0 fully saturated rings. The summed E-state index contributed by atoms with van der Waals surface area (Å²) in [5, 5.41) is 2.52. The van der Waals surface area contributed by atoms with Crippen LogP contribution in [0.4, 0.5) is 15.8 Å². The van der Waals surface area contributed by atoms with Crippen molar-refractivity contribution in [1.29, 1.82) is 0 Å². The Morgan fingerprint density at radius 2 is 1.91 bits per heavy atom. The molecule has 32 heavy (non-hydrogen) atoms. The van der Waals surface area contributed by atoms with Crippen molar-refractivity contribution in [2.24, 2.45) is 15.9 Å². The highest BCUT2D eigenvalue weighted by atomic mass is 32.2. The summed E-state index contributed by atoms with van der Waals surface area (Å²) < 4.78 is 14.0. The molecule has 2 amide bonds. The molecule has 2 aromatic rings. The third-order valence-electron chi connectivity index (χ3n) is 5.28. The Balaban J connectivity index is 1.63. The number of hydrogen-bond acceptors (Lipinski definition) is 5. The highest BCUT2D eigenvalue weighted by Gasteiger charge is 2.42. The zero-order chi connectivity index (χ0) is 22.8. The molecule has 0 aliphatic carbocycles. The molecule has 1 N–H and O–H groups in total. The quantitative estimate of drug-likeness (QED) is 0.672. The van der Waals surface area contributed by atoms with E-state index in [0.29, 0.717) is 35.5 Å². The molecule has 2 heterocycles. The summed E-state index contributed by atoms with van der Waals surface area (Å²) in [5.74, 6) is -0.0665. The first-order chi connectivity index (χ1) is 15.4. The summed E-state index contributed by atoms with van der Waals surface area (Å²) in [6, 6.07) is 13.1. The van der Waals surface area contributed by atoms with Crippen LogP contribution in [-0.2, 0) is 9.59 Å². The Hall–Kier alpha value is -3.00. The molecular weight excluding hydrogens is 427 g/mol. The van der Waals surface area contributed by atoms with Crippen LogP contribution in [0.15, 0.2) is 58.5 Å². The van der Waals surface area contributed by atoms with E-state index in [9.17, 15) is 14.0 Å². The fourth-order valence-corrected chi connectivity index (χ4v) is 4.73. The number of hydrogen-bond donors (Lipinski definition) is 1. The predicted molar refractivity (Wildman–Crippen MR) is 127 cm³/mol. The van der Waals surface area contributed by atoms with Gasteiger partial charge >= 0.3 is 0 Å². The van der Waals surface area contributed by atoms with Crippen molar-refractivity contribution in [2.75, 3.05) is 5.32 Å². The number of para-hydroxylation sites is 2. The summed E-state index contributed by atoms with van der Waals surface area (Å²) in [7, 11) is 0. The van der Waals surface area contributed by atoms with Gasteiger partial charge in [-0.15, -0.1) is 0 Å². The van der Waals surface area contributed by atoms with Crippen molar-refractivity contribution in [3.63, 3.8) is 0 Å². The Kier molecular flexibility index (Phi) is 6.41. The van der Waals surface area contributed by atoms with Gasteiger partial charge in [0.1, 0.15) is 17.7 Å². The van der Waals surface area contributed by atoms with E-state index in [4.69, 9.17) is 9.98 Å². The molecule has 0 spiro atoms. The van der Waals surface area contributed by atoms with Crippen LogP contribution in [0.2, 0.25) is 0 Å². The Morgan fingerprint density at radius 1 is 1.19 bits per heavy atom. The number of aliphatic imine (C=N–C) groups is 2. The first-order valence-corrected chi connectivity index (χ1v) is 11.6. The van der Waals surface area contributed by atoms with Crippen molar-refractivity contribution in [3.05, 3.63) is 59.9 Å². The summed E-state index contributed by atoms with van der Waals surface area (Å²) in [4.78, 5) is 37.1. The number of anilines is 1. The van der Waals surface area contributed by atoms with Gasteiger partial charge in [-0.05, 0) is 43.0 Å². The monoisotopic (exact) mass is 452 g/mol. The smallest absolute Gasteiger partial charge is 0.259 e. The minimum absolute atomic E-state index is 0.126. The normalized spacial score (nSPS) is 18.1. The molecule has 0 saturated carbocycles. The third kappa shape index (κ3) is 4.32. The third-order valence-corrected chi connectivity index (χ3v) is 6.60. The maximum Gasteiger partial charge on any atom is 0.259 e. The number of carbonyl (C=O) groups excluding carboxylic acids is 2. The lowest BCUT2D eigenvalue weighted by atomic mass is 10.0. The van der Waals surface area contributed by atoms with Crippen LogP contribution in [0, 0.1) is 11.7 Å². The van der Waals surface area contributed by atoms with Crippen molar-refractivity contribution in [3.8, 4) is 0 Å². The van der Waals surface area contributed by atoms with E-state index in [-0.39, 0.29) is 17.5 Å². The van der Waals surface area contributed by atoms with E-state index in [2.05, 4.69) is 19.2 Å². The number of halogens is 1. The van der Waals surface area contributed by atoms with Gasteiger partial charge in [0.15, 0.2) is 5.17 Å². The van der Waals surface area contributed by atoms with Crippen LogP contribution in [0.25, 0.3) is 0 Å². The van der Waals surface area contributed by atoms with Crippen molar-refractivity contribution >= 4 is 46.0 Å². The summed E-state index contributed by atoms with van der Waals surface area (Å²) in [6.07, 6.45) is 1.12. The van der Waals surface area contributed by atoms with Crippen LogP contribution >= 0.6 is 11.8 Å². The van der Waals surface area contributed by atoms with E-state index in [1.807, 2.05) is 31.2 Å². The van der Waals surface area contributed by atoms with Gasteiger partial charge in [0.05, 0.1) is 16.6 Å². The van der Waals surface area contributed by atoms with Gasteiger partial charge < -0.3 is 5.32 Å². The van der Waals surface area contributed by atoms with E-state index in [1.165, 1.54) is 23.9 Å². The van der Waals surface area contributed by atoms with Crippen LogP contribution in [0.5, 0.6) is 0 Å². The number of thioether (sulfide) groups is 1. The topological polar surface area (TPSA) is 74.1 Å². The Morgan fingerprint density at radius 3 is 2.62 bits per heavy atom. The molecule has 6 nitrogen and oxygen atoms in total. The van der Waals surface area contributed by atoms with Gasteiger partial charge in [-0.3, -0.25) is 14.6 Å². The average Bonchev–Trinajstić information content (AvgIpc) is 3.09. The fraction of sp³-hybridized carbons (Fsp3) is 0.333.